The molecular formula is C13H23N5O3S. The molecule has 1 aliphatic heterocycles. The zero-order valence-electron chi connectivity index (χ0n) is 13.4. The summed E-state index contributed by atoms with van der Waals surface area (Å²) in [4.78, 5) is 10.3. The van der Waals surface area contributed by atoms with E-state index in [1.807, 2.05) is 19.0 Å². The fourth-order valence-corrected chi connectivity index (χ4v) is 3.48. The van der Waals surface area contributed by atoms with Gasteiger partial charge in [0.15, 0.2) is 5.82 Å². The minimum Gasteiger partial charge on any atom is -0.470 e. The molecule has 0 spiro atoms. The van der Waals surface area contributed by atoms with Gasteiger partial charge in [0.2, 0.25) is 0 Å². The van der Waals surface area contributed by atoms with Crippen LogP contribution >= 0.6 is 0 Å². The molecule has 1 fully saturated rings. The smallest absolute Gasteiger partial charge is 0.281 e. The van der Waals surface area contributed by atoms with Gasteiger partial charge in [0.1, 0.15) is 6.10 Å². The second-order valence-corrected chi connectivity index (χ2v) is 7.75. The highest BCUT2D eigenvalue weighted by molar-refractivity contribution is 7.86. The monoisotopic (exact) mass is 329 g/mol. The van der Waals surface area contributed by atoms with E-state index in [0.29, 0.717) is 24.8 Å². The van der Waals surface area contributed by atoms with Crippen molar-refractivity contribution >= 4 is 16.0 Å². The van der Waals surface area contributed by atoms with E-state index in [1.54, 1.807) is 12.4 Å². The van der Waals surface area contributed by atoms with Crippen molar-refractivity contribution in [3.05, 3.63) is 12.4 Å². The molecule has 0 saturated carbocycles. The zero-order chi connectivity index (χ0) is 16.3. The average Bonchev–Trinajstić information content (AvgIpc) is 2.47. The standard InChI is InChI=1S/C13H23N5O3S/c1-16(2)12-13(15-8-7-14-12)21-11-6-5-9-18(10-11)22(19,20)17(3)4/h7-8,11H,5-6,9-10H2,1-4H3. The highest BCUT2D eigenvalue weighted by Crippen LogP contribution is 2.25. The SMILES string of the molecule is CN(C)c1nccnc1OC1CCCN(S(=O)(=O)N(C)C)C1. The summed E-state index contributed by atoms with van der Waals surface area (Å²) in [5, 5.41) is 0. The van der Waals surface area contributed by atoms with E-state index in [1.165, 1.54) is 22.7 Å². The summed E-state index contributed by atoms with van der Waals surface area (Å²) < 4.78 is 33.0. The zero-order valence-corrected chi connectivity index (χ0v) is 14.2. The van der Waals surface area contributed by atoms with Crippen LogP contribution in [0.1, 0.15) is 12.8 Å². The molecule has 0 aromatic carbocycles. The Hall–Kier alpha value is -1.45. The lowest BCUT2D eigenvalue weighted by molar-refractivity contribution is 0.122. The van der Waals surface area contributed by atoms with Crippen LogP contribution in [0.3, 0.4) is 0 Å². The van der Waals surface area contributed by atoms with Gasteiger partial charge in [-0.05, 0) is 12.8 Å². The maximum absolute atomic E-state index is 12.2. The van der Waals surface area contributed by atoms with Gasteiger partial charge < -0.3 is 9.64 Å². The van der Waals surface area contributed by atoms with Gasteiger partial charge in [-0.15, -0.1) is 0 Å². The van der Waals surface area contributed by atoms with Gasteiger partial charge in [0.25, 0.3) is 16.1 Å². The van der Waals surface area contributed by atoms with Crippen molar-refractivity contribution in [3.63, 3.8) is 0 Å². The fraction of sp³-hybridized carbons (Fsp3) is 0.692. The number of anilines is 1. The van der Waals surface area contributed by atoms with Crippen LogP contribution < -0.4 is 9.64 Å². The first-order chi connectivity index (χ1) is 10.3. The van der Waals surface area contributed by atoms with Crippen LogP contribution in [0.2, 0.25) is 0 Å². The largest absolute Gasteiger partial charge is 0.470 e. The molecule has 8 nitrogen and oxygen atoms in total. The lowest BCUT2D eigenvalue weighted by Crippen LogP contribution is -2.48. The molecule has 2 rings (SSSR count). The maximum Gasteiger partial charge on any atom is 0.281 e. The molecule has 1 aromatic heterocycles. The van der Waals surface area contributed by atoms with Crippen LogP contribution in [0.4, 0.5) is 5.82 Å². The minimum absolute atomic E-state index is 0.223. The van der Waals surface area contributed by atoms with Crippen molar-refractivity contribution in [1.82, 2.24) is 18.6 Å². The third-order valence-corrected chi connectivity index (χ3v) is 5.38. The van der Waals surface area contributed by atoms with Crippen LogP contribution in [-0.4, -0.2) is 74.4 Å². The maximum atomic E-state index is 12.2. The van der Waals surface area contributed by atoms with E-state index >= 15 is 0 Å². The first-order valence-corrected chi connectivity index (χ1v) is 8.54. The number of rotatable bonds is 5. The molecule has 0 amide bonds. The molecule has 124 valence electrons. The molecule has 1 unspecified atom stereocenters. The average molecular weight is 329 g/mol. The number of nitrogens with zero attached hydrogens (tertiary/aromatic N) is 5. The van der Waals surface area contributed by atoms with Gasteiger partial charge in [0.05, 0.1) is 6.54 Å². The minimum atomic E-state index is -3.41. The predicted molar refractivity (Wildman–Crippen MR) is 84.2 cm³/mol. The van der Waals surface area contributed by atoms with Crippen LogP contribution in [0.15, 0.2) is 12.4 Å². The molecule has 9 heteroatoms. The highest BCUT2D eigenvalue weighted by atomic mass is 32.2. The Bertz CT molecular complexity index is 605. The van der Waals surface area contributed by atoms with Crippen LogP contribution in [0.25, 0.3) is 0 Å². The fourth-order valence-electron chi connectivity index (χ4n) is 2.31. The van der Waals surface area contributed by atoms with Crippen molar-refractivity contribution in [1.29, 1.82) is 0 Å². The van der Waals surface area contributed by atoms with Crippen molar-refractivity contribution in [3.8, 4) is 5.88 Å². The van der Waals surface area contributed by atoms with Gasteiger partial charge in [-0.1, -0.05) is 0 Å². The molecule has 22 heavy (non-hydrogen) atoms. The summed E-state index contributed by atoms with van der Waals surface area (Å²) in [7, 11) is 3.38. The van der Waals surface area contributed by atoms with Gasteiger partial charge in [-0.2, -0.15) is 17.0 Å². The van der Waals surface area contributed by atoms with Crippen molar-refractivity contribution in [2.75, 3.05) is 46.2 Å². The van der Waals surface area contributed by atoms with E-state index in [9.17, 15) is 8.42 Å². The molecular weight excluding hydrogens is 306 g/mol. The van der Waals surface area contributed by atoms with Crippen LogP contribution in [-0.2, 0) is 10.2 Å². The van der Waals surface area contributed by atoms with Crippen LogP contribution in [0, 0.1) is 0 Å². The van der Waals surface area contributed by atoms with E-state index < -0.39 is 10.2 Å². The van der Waals surface area contributed by atoms with Crippen molar-refractivity contribution in [2.24, 2.45) is 0 Å². The quantitative estimate of drug-likeness (QED) is 0.767. The van der Waals surface area contributed by atoms with E-state index in [2.05, 4.69) is 9.97 Å². The molecule has 1 aliphatic rings. The number of piperidine rings is 1. The summed E-state index contributed by atoms with van der Waals surface area (Å²) >= 11 is 0. The summed E-state index contributed by atoms with van der Waals surface area (Å²) in [5.41, 5.74) is 0. The number of aromatic nitrogens is 2. The highest BCUT2D eigenvalue weighted by Gasteiger charge is 2.32. The Labute approximate surface area is 131 Å². The van der Waals surface area contributed by atoms with Crippen molar-refractivity contribution in [2.45, 2.75) is 18.9 Å². The topological polar surface area (TPSA) is 78.9 Å². The predicted octanol–water partition coefficient (Wildman–Crippen LogP) is 0.192. The second-order valence-electron chi connectivity index (χ2n) is 5.61. The molecule has 1 aromatic rings. The molecule has 0 bridgehead atoms. The Morgan fingerprint density at radius 3 is 2.55 bits per heavy atom. The van der Waals surface area contributed by atoms with Gasteiger partial charge in [-0.25, -0.2) is 9.97 Å². The molecule has 2 heterocycles. The van der Waals surface area contributed by atoms with E-state index in [-0.39, 0.29) is 6.10 Å². The first kappa shape index (κ1) is 16.9. The molecule has 1 saturated heterocycles. The lowest BCUT2D eigenvalue weighted by Gasteiger charge is -2.33. The third kappa shape index (κ3) is 3.65. The van der Waals surface area contributed by atoms with Gasteiger partial charge >= 0.3 is 0 Å². The number of hydrogen-bond acceptors (Lipinski definition) is 6. The Morgan fingerprint density at radius 2 is 1.91 bits per heavy atom. The van der Waals surface area contributed by atoms with Gasteiger partial charge in [-0.3, -0.25) is 0 Å². The van der Waals surface area contributed by atoms with E-state index in [4.69, 9.17) is 4.74 Å². The second kappa shape index (κ2) is 6.76. The Kier molecular flexibility index (Phi) is 5.20. The first-order valence-electron chi connectivity index (χ1n) is 7.15. The Balaban J connectivity index is 2.12. The molecule has 0 N–H and O–H groups in total. The van der Waals surface area contributed by atoms with Crippen LogP contribution in [0.5, 0.6) is 5.88 Å². The normalized spacial score (nSPS) is 20.1. The Morgan fingerprint density at radius 1 is 1.23 bits per heavy atom. The molecule has 0 aliphatic carbocycles. The molecule has 1 atom stereocenters. The summed E-state index contributed by atoms with van der Waals surface area (Å²) in [6, 6.07) is 0. The molecule has 0 radical (unpaired) electrons. The summed E-state index contributed by atoms with van der Waals surface area (Å²) in [5.74, 6) is 1.07. The summed E-state index contributed by atoms with van der Waals surface area (Å²) in [6.07, 6.45) is 4.50. The lowest BCUT2D eigenvalue weighted by atomic mass is 10.1. The number of hydrogen-bond donors (Lipinski definition) is 0. The summed E-state index contributed by atoms with van der Waals surface area (Å²) in [6.45, 7) is 0.839. The van der Waals surface area contributed by atoms with E-state index in [0.717, 1.165) is 12.8 Å². The third-order valence-electron chi connectivity index (χ3n) is 3.48. The van der Waals surface area contributed by atoms with Gasteiger partial charge in [0, 0.05) is 47.1 Å². The van der Waals surface area contributed by atoms with Crippen molar-refractivity contribution < 1.29 is 13.2 Å². The number of ether oxygens (including phenoxy) is 1.